The van der Waals surface area contributed by atoms with Crippen molar-refractivity contribution in [1.82, 2.24) is 10.6 Å². The summed E-state index contributed by atoms with van der Waals surface area (Å²) in [6, 6.07) is 10.1. The molecule has 94 valence electrons. The summed E-state index contributed by atoms with van der Waals surface area (Å²) < 4.78 is 0. The summed E-state index contributed by atoms with van der Waals surface area (Å²) in [5.41, 5.74) is 1.14. The lowest BCUT2D eigenvalue weighted by Gasteiger charge is -2.18. The molecule has 0 saturated carbocycles. The van der Waals surface area contributed by atoms with Crippen molar-refractivity contribution in [3.05, 3.63) is 35.9 Å². The smallest absolute Gasteiger partial charge is 0.224 e. The molecule has 1 rings (SSSR count). The van der Waals surface area contributed by atoms with E-state index in [0.29, 0.717) is 0 Å². The van der Waals surface area contributed by atoms with Crippen LogP contribution in [0.15, 0.2) is 30.3 Å². The number of amides is 1. The molecule has 0 radical (unpaired) electrons. The van der Waals surface area contributed by atoms with Crippen LogP contribution in [0.2, 0.25) is 0 Å². The Morgan fingerprint density at radius 3 is 2.47 bits per heavy atom. The van der Waals surface area contributed by atoms with Crippen LogP contribution >= 0.6 is 0 Å². The predicted molar refractivity (Wildman–Crippen MR) is 70.7 cm³/mol. The van der Waals surface area contributed by atoms with E-state index in [-0.39, 0.29) is 17.9 Å². The Hall–Kier alpha value is -1.35. The second kappa shape index (κ2) is 7.07. The number of carbonyl (C=O) groups is 1. The third-order valence-electron chi connectivity index (χ3n) is 2.81. The van der Waals surface area contributed by atoms with Crippen LogP contribution in [-0.2, 0) is 4.79 Å². The third-order valence-corrected chi connectivity index (χ3v) is 2.81. The van der Waals surface area contributed by atoms with E-state index >= 15 is 0 Å². The molecule has 0 fully saturated rings. The van der Waals surface area contributed by atoms with Gasteiger partial charge in [0.15, 0.2) is 0 Å². The third kappa shape index (κ3) is 4.57. The molecule has 0 spiro atoms. The van der Waals surface area contributed by atoms with Gasteiger partial charge < -0.3 is 10.6 Å². The van der Waals surface area contributed by atoms with Crippen molar-refractivity contribution in [3.8, 4) is 0 Å². The lowest BCUT2D eigenvalue weighted by Crippen LogP contribution is -2.36. The number of nitrogens with one attached hydrogen (secondary N) is 2. The van der Waals surface area contributed by atoms with Crippen LogP contribution in [0.5, 0.6) is 0 Å². The molecule has 0 saturated heterocycles. The zero-order valence-corrected chi connectivity index (χ0v) is 10.9. The van der Waals surface area contributed by atoms with Gasteiger partial charge in [-0.25, -0.2) is 0 Å². The van der Waals surface area contributed by atoms with E-state index in [0.717, 1.165) is 18.7 Å². The minimum Gasteiger partial charge on any atom is -0.349 e. The molecule has 0 aliphatic rings. The Morgan fingerprint density at radius 2 is 1.88 bits per heavy atom. The molecule has 1 amide bonds. The van der Waals surface area contributed by atoms with E-state index in [4.69, 9.17) is 0 Å². The predicted octanol–water partition coefficient (Wildman–Crippen LogP) is 2.11. The van der Waals surface area contributed by atoms with E-state index in [1.807, 2.05) is 51.1 Å². The van der Waals surface area contributed by atoms with Crippen LogP contribution in [0.4, 0.5) is 0 Å². The first kappa shape index (κ1) is 13.7. The molecular weight excluding hydrogens is 212 g/mol. The van der Waals surface area contributed by atoms with E-state index in [1.54, 1.807) is 0 Å². The summed E-state index contributed by atoms with van der Waals surface area (Å²) in [5.74, 6) is 0.100. The summed E-state index contributed by atoms with van der Waals surface area (Å²) >= 11 is 0. The van der Waals surface area contributed by atoms with Gasteiger partial charge in [-0.15, -0.1) is 0 Å². The average molecular weight is 234 g/mol. The zero-order chi connectivity index (χ0) is 12.7. The molecule has 1 aromatic rings. The van der Waals surface area contributed by atoms with Gasteiger partial charge in [-0.3, -0.25) is 4.79 Å². The molecule has 0 aromatic heterocycles. The van der Waals surface area contributed by atoms with Gasteiger partial charge >= 0.3 is 0 Å². The van der Waals surface area contributed by atoms with E-state index in [9.17, 15) is 4.79 Å². The number of hydrogen-bond donors (Lipinski definition) is 2. The van der Waals surface area contributed by atoms with Gasteiger partial charge in [0, 0.05) is 12.5 Å². The van der Waals surface area contributed by atoms with Crippen LogP contribution in [0.3, 0.4) is 0 Å². The fourth-order valence-corrected chi connectivity index (χ4v) is 1.63. The van der Waals surface area contributed by atoms with Crippen LogP contribution < -0.4 is 10.6 Å². The van der Waals surface area contributed by atoms with E-state index < -0.39 is 0 Å². The zero-order valence-electron chi connectivity index (χ0n) is 10.9. The van der Waals surface area contributed by atoms with Crippen LogP contribution in [0, 0.1) is 5.92 Å². The largest absolute Gasteiger partial charge is 0.349 e. The molecule has 3 nitrogen and oxygen atoms in total. The minimum absolute atomic E-state index is 0.00103. The quantitative estimate of drug-likeness (QED) is 0.791. The SMILES string of the molecule is CCNCC(C)C(=O)N[C@@H](C)c1ccccc1. The summed E-state index contributed by atoms with van der Waals surface area (Å²) in [6.07, 6.45) is 0. The fourth-order valence-electron chi connectivity index (χ4n) is 1.63. The highest BCUT2D eigenvalue weighted by Crippen LogP contribution is 2.11. The molecular formula is C14H22N2O. The number of rotatable bonds is 6. The maximum Gasteiger partial charge on any atom is 0.224 e. The first-order chi connectivity index (χ1) is 8.15. The highest BCUT2D eigenvalue weighted by Gasteiger charge is 2.15. The Morgan fingerprint density at radius 1 is 1.24 bits per heavy atom. The topological polar surface area (TPSA) is 41.1 Å². The lowest BCUT2D eigenvalue weighted by atomic mass is 10.1. The van der Waals surface area contributed by atoms with E-state index in [2.05, 4.69) is 10.6 Å². The van der Waals surface area contributed by atoms with Gasteiger partial charge in [-0.2, -0.15) is 0 Å². The highest BCUT2D eigenvalue weighted by molar-refractivity contribution is 5.78. The van der Waals surface area contributed by atoms with Crippen molar-refractivity contribution in [2.24, 2.45) is 5.92 Å². The normalized spacial score (nSPS) is 14.1. The Bertz CT molecular complexity index is 337. The van der Waals surface area contributed by atoms with Crippen LogP contribution in [0.25, 0.3) is 0 Å². The average Bonchev–Trinajstić information content (AvgIpc) is 2.36. The molecule has 17 heavy (non-hydrogen) atoms. The molecule has 0 heterocycles. The summed E-state index contributed by atoms with van der Waals surface area (Å²) in [5, 5.41) is 6.21. The van der Waals surface area contributed by atoms with E-state index in [1.165, 1.54) is 0 Å². The standard InChI is InChI=1S/C14H22N2O/c1-4-15-10-11(2)14(17)16-12(3)13-8-6-5-7-9-13/h5-9,11-12,15H,4,10H2,1-3H3,(H,16,17)/t11?,12-/m0/s1. The number of hydrogen-bond acceptors (Lipinski definition) is 2. The van der Waals surface area contributed by atoms with Gasteiger partial charge in [0.1, 0.15) is 0 Å². The Balaban J connectivity index is 2.46. The summed E-state index contributed by atoms with van der Waals surface area (Å²) in [6.45, 7) is 7.61. The van der Waals surface area contributed by atoms with Crippen molar-refractivity contribution in [2.45, 2.75) is 26.8 Å². The molecule has 1 unspecified atom stereocenters. The van der Waals surface area contributed by atoms with Gasteiger partial charge in [0.2, 0.25) is 5.91 Å². The van der Waals surface area contributed by atoms with Crippen molar-refractivity contribution in [3.63, 3.8) is 0 Å². The lowest BCUT2D eigenvalue weighted by molar-refractivity contribution is -0.125. The number of carbonyl (C=O) groups excluding carboxylic acids is 1. The molecule has 3 heteroatoms. The maximum atomic E-state index is 11.9. The Labute approximate surface area is 104 Å². The molecule has 0 aliphatic carbocycles. The first-order valence-corrected chi connectivity index (χ1v) is 6.21. The molecule has 2 N–H and O–H groups in total. The Kier molecular flexibility index (Phi) is 5.70. The van der Waals surface area contributed by atoms with Crippen molar-refractivity contribution >= 4 is 5.91 Å². The fraction of sp³-hybridized carbons (Fsp3) is 0.500. The van der Waals surface area contributed by atoms with Crippen molar-refractivity contribution in [2.75, 3.05) is 13.1 Å². The van der Waals surface area contributed by atoms with Gasteiger partial charge in [0.25, 0.3) is 0 Å². The summed E-state index contributed by atoms with van der Waals surface area (Å²) in [4.78, 5) is 11.9. The highest BCUT2D eigenvalue weighted by atomic mass is 16.1. The molecule has 0 bridgehead atoms. The van der Waals surface area contributed by atoms with Gasteiger partial charge in [-0.05, 0) is 19.0 Å². The van der Waals surface area contributed by atoms with Crippen LogP contribution in [0.1, 0.15) is 32.4 Å². The summed E-state index contributed by atoms with van der Waals surface area (Å²) in [7, 11) is 0. The molecule has 0 aliphatic heterocycles. The second-order valence-corrected chi connectivity index (χ2v) is 4.35. The van der Waals surface area contributed by atoms with Gasteiger partial charge in [-0.1, -0.05) is 44.2 Å². The van der Waals surface area contributed by atoms with Crippen molar-refractivity contribution in [1.29, 1.82) is 0 Å². The van der Waals surface area contributed by atoms with Gasteiger partial charge in [0.05, 0.1) is 6.04 Å². The monoisotopic (exact) mass is 234 g/mol. The maximum absolute atomic E-state index is 11.9. The minimum atomic E-state index is 0.00103. The van der Waals surface area contributed by atoms with Crippen molar-refractivity contribution < 1.29 is 4.79 Å². The first-order valence-electron chi connectivity index (χ1n) is 6.21. The molecule has 2 atom stereocenters. The molecule has 1 aromatic carbocycles. The number of benzene rings is 1. The second-order valence-electron chi connectivity index (χ2n) is 4.35. The van der Waals surface area contributed by atoms with Crippen LogP contribution in [-0.4, -0.2) is 19.0 Å².